The normalized spacial score (nSPS) is 10.4. The fraction of sp³-hybridized carbons (Fsp3) is 0.833. The van der Waals surface area contributed by atoms with Crippen molar-refractivity contribution >= 4 is 43.3 Å². The molecule has 0 heterocycles. The number of carbonyl (C=O) groups excluding carboxylic acids is 1. The van der Waals surface area contributed by atoms with Gasteiger partial charge < -0.3 is 4.52 Å². The number of phosphoric ester groups is 1. The van der Waals surface area contributed by atoms with Crippen LogP contribution in [0.3, 0.4) is 0 Å². The second kappa shape index (κ2) is 7.97. The standard InChI is InChI=1S/C6H13O5P.Na.H/c1-4-9-12(8,10-5-2)11-6(3)7;;/h4-5H2,1-3H3;;. The van der Waals surface area contributed by atoms with Gasteiger partial charge in [0.25, 0.3) is 0 Å². The Hall–Kier alpha value is 0.620. The van der Waals surface area contributed by atoms with E-state index in [0.29, 0.717) is 0 Å². The Bertz CT molecular complexity index is 185. The third-order valence-corrected chi connectivity index (χ3v) is 2.44. The molecule has 5 nitrogen and oxygen atoms in total. The first kappa shape index (κ1) is 16.1. The molecule has 0 amide bonds. The van der Waals surface area contributed by atoms with Crippen LogP contribution in [-0.2, 0) is 22.9 Å². The Morgan fingerprint density at radius 1 is 1.23 bits per heavy atom. The van der Waals surface area contributed by atoms with Crippen molar-refractivity contribution in [1.29, 1.82) is 0 Å². The summed E-state index contributed by atoms with van der Waals surface area (Å²) in [5.74, 6) is -0.680. The number of rotatable bonds is 5. The Labute approximate surface area is 100 Å². The maximum absolute atomic E-state index is 11.3. The first-order chi connectivity index (χ1) is 5.54. The van der Waals surface area contributed by atoms with Crippen molar-refractivity contribution in [2.45, 2.75) is 20.8 Å². The van der Waals surface area contributed by atoms with E-state index in [1.807, 2.05) is 0 Å². The number of hydrogen-bond acceptors (Lipinski definition) is 5. The first-order valence-electron chi connectivity index (χ1n) is 3.63. The number of carbonyl (C=O) groups is 1. The zero-order valence-corrected chi connectivity index (χ0v) is 8.30. The van der Waals surface area contributed by atoms with Gasteiger partial charge in [0, 0.05) is 6.92 Å². The monoisotopic (exact) mass is 220 g/mol. The molecule has 13 heavy (non-hydrogen) atoms. The van der Waals surface area contributed by atoms with Crippen LogP contribution in [0.25, 0.3) is 0 Å². The van der Waals surface area contributed by atoms with Crippen LogP contribution in [-0.4, -0.2) is 48.7 Å². The number of hydrogen-bond donors (Lipinski definition) is 0. The Morgan fingerprint density at radius 2 is 1.62 bits per heavy atom. The van der Waals surface area contributed by atoms with E-state index in [-0.39, 0.29) is 42.8 Å². The molecule has 0 radical (unpaired) electrons. The summed E-state index contributed by atoms with van der Waals surface area (Å²) in [6.45, 7) is 4.75. The molecule has 7 heteroatoms. The molecule has 0 rings (SSSR count). The minimum absolute atomic E-state index is 0. The molecule has 0 aromatic carbocycles. The van der Waals surface area contributed by atoms with Crippen molar-refractivity contribution in [3.63, 3.8) is 0 Å². The second-order valence-electron chi connectivity index (χ2n) is 1.87. The molecule has 0 fully saturated rings. The van der Waals surface area contributed by atoms with Gasteiger partial charge in [-0.15, -0.1) is 0 Å². The molecule has 0 aliphatic rings. The van der Waals surface area contributed by atoms with Crippen LogP contribution < -0.4 is 0 Å². The van der Waals surface area contributed by atoms with Crippen LogP contribution in [0.5, 0.6) is 0 Å². The van der Waals surface area contributed by atoms with E-state index in [0.717, 1.165) is 6.92 Å². The Kier molecular flexibility index (Phi) is 9.85. The second-order valence-corrected chi connectivity index (χ2v) is 3.46. The van der Waals surface area contributed by atoms with E-state index in [4.69, 9.17) is 0 Å². The average molecular weight is 220 g/mol. The fourth-order valence-corrected chi connectivity index (χ4v) is 1.69. The van der Waals surface area contributed by atoms with Crippen LogP contribution in [0.1, 0.15) is 20.8 Å². The summed E-state index contributed by atoms with van der Waals surface area (Å²) in [5, 5.41) is 0. The van der Waals surface area contributed by atoms with Crippen molar-refractivity contribution in [3.05, 3.63) is 0 Å². The Balaban J connectivity index is 0. The molecule has 0 spiro atoms. The van der Waals surface area contributed by atoms with E-state index in [2.05, 4.69) is 13.6 Å². The summed E-state index contributed by atoms with van der Waals surface area (Å²) in [7, 11) is -3.63. The van der Waals surface area contributed by atoms with Crippen LogP contribution in [0.15, 0.2) is 0 Å². The van der Waals surface area contributed by atoms with Gasteiger partial charge in [0.15, 0.2) is 0 Å². The average Bonchev–Trinajstić information content (AvgIpc) is 1.85. The van der Waals surface area contributed by atoms with Crippen molar-refractivity contribution in [3.8, 4) is 0 Å². The zero-order chi connectivity index (χ0) is 9.61. The SMILES string of the molecule is CCOP(=O)(OCC)OC(C)=O.[NaH]. The topological polar surface area (TPSA) is 61.8 Å². The van der Waals surface area contributed by atoms with Gasteiger partial charge >= 0.3 is 43.3 Å². The molecule has 0 N–H and O–H groups in total. The fourth-order valence-electron chi connectivity index (χ4n) is 0.564. The summed E-state index contributed by atoms with van der Waals surface area (Å²) < 4.78 is 25.1. The summed E-state index contributed by atoms with van der Waals surface area (Å²) in [4.78, 5) is 10.5. The van der Waals surface area contributed by atoms with Gasteiger partial charge in [-0.3, -0.25) is 13.8 Å². The van der Waals surface area contributed by atoms with Crippen LogP contribution >= 0.6 is 7.82 Å². The van der Waals surface area contributed by atoms with E-state index in [9.17, 15) is 9.36 Å². The third-order valence-electron chi connectivity index (χ3n) is 0.815. The van der Waals surface area contributed by atoms with Gasteiger partial charge in [0.2, 0.25) is 0 Å². The molecule has 0 saturated carbocycles. The van der Waals surface area contributed by atoms with Crippen molar-refractivity contribution in [2.75, 3.05) is 13.2 Å². The molecule has 0 bridgehead atoms. The van der Waals surface area contributed by atoms with E-state index >= 15 is 0 Å². The summed E-state index contributed by atoms with van der Waals surface area (Å²) in [5.41, 5.74) is 0. The molecule has 74 valence electrons. The first-order valence-corrected chi connectivity index (χ1v) is 5.09. The van der Waals surface area contributed by atoms with E-state index in [1.165, 1.54) is 0 Å². The predicted molar refractivity (Wildman–Crippen MR) is 49.8 cm³/mol. The zero-order valence-electron chi connectivity index (χ0n) is 7.40. The summed E-state index contributed by atoms with van der Waals surface area (Å²) >= 11 is 0. The van der Waals surface area contributed by atoms with Gasteiger partial charge in [-0.1, -0.05) is 0 Å². The predicted octanol–water partition coefficient (Wildman–Crippen LogP) is 1.08. The molecular weight excluding hydrogens is 206 g/mol. The third kappa shape index (κ3) is 7.67. The van der Waals surface area contributed by atoms with Crippen LogP contribution in [0.4, 0.5) is 0 Å². The summed E-state index contributed by atoms with van der Waals surface area (Å²) in [6.07, 6.45) is 0. The summed E-state index contributed by atoms with van der Waals surface area (Å²) in [6, 6.07) is 0. The molecule has 0 atom stereocenters. The molecule has 0 saturated heterocycles. The van der Waals surface area contributed by atoms with Gasteiger partial charge in [-0.25, -0.2) is 4.57 Å². The minimum atomic E-state index is -3.63. The molecular formula is C6H14NaO5P. The van der Waals surface area contributed by atoms with E-state index < -0.39 is 13.8 Å². The maximum atomic E-state index is 11.3. The van der Waals surface area contributed by atoms with Crippen LogP contribution in [0.2, 0.25) is 0 Å². The van der Waals surface area contributed by atoms with Gasteiger partial charge in [0.05, 0.1) is 13.2 Å². The molecule has 0 aromatic rings. The Morgan fingerprint density at radius 3 is 1.85 bits per heavy atom. The van der Waals surface area contributed by atoms with Crippen molar-refractivity contribution < 1.29 is 22.9 Å². The quantitative estimate of drug-likeness (QED) is 0.512. The van der Waals surface area contributed by atoms with Crippen LogP contribution in [0, 0.1) is 0 Å². The van der Waals surface area contributed by atoms with Crippen molar-refractivity contribution in [1.82, 2.24) is 0 Å². The molecule has 0 aliphatic heterocycles. The van der Waals surface area contributed by atoms with E-state index in [1.54, 1.807) is 13.8 Å². The van der Waals surface area contributed by atoms with Gasteiger partial charge in [-0.05, 0) is 13.8 Å². The van der Waals surface area contributed by atoms with Gasteiger partial charge in [-0.2, -0.15) is 0 Å². The molecule has 0 aliphatic carbocycles. The van der Waals surface area contributed by atoms with Crippen molar-refractivity contribution in [2.24, 2.45) is 0 Å². The molecule has 0 unspecified atom stereocenters. The van der Waals surface area contributed by atoms with Gasteiger partial charge in [0.1, 0.15) is 0 Å². The molecule has 0 aromatic heterocycles. The number of phosphoric acid groups is 1.